The van der Waals surface area contributed by atoms with Crippen LogP contribution in [0.2, 0.25) is 5.02 Å². The number of nitrogens with one attached hydrogen (secondary N) is 1. The van der Waals surface area contributed by atoms with Gasteiger partial charge in [0.15, 0.2) is 0 Å². The maximum Gasteiger partial charge on any atom is 0.285 e. The summed E-state index contributed by atoms with van der Waals surface area (Å²) in [5, 5.41) is 6.50. The van der Waals surface area contributed by atoms with Crippen LogP contribution < -0.4 is 10.5 Å². The van der Waals surface area contributed by atoms with Crippen LogP contribution in [0.5, 0.6) is 0 Å². The smallest absolute Gasteiger partial charge is 0.285 e. The quantitative estimate of drug-likeness (QED) is 0.881. The lowest BCUT2D eigenvalue weighted by Gasteiger charge is -2.37. The Morgan fingerprint density at radius 3 is 2.80 bits per heavy atom. The van der Waals surface area contributed by atoms with E-state index in [1.807, 2.05) is 12.3 Å². The summed E-state index contributed by atoms with van der Waals surface area (Å²) in [5.41, 5.74) is 3.05. The summed E-state index contributed by atoms with van der Waals surface area (Å²) in [6.45, 7) is 6.23. The fourth-order valence-electron chi connectivity index (χ4n) is 4.03. The van der Waals surface area contributed by atoms with Crippen LogP contribution >= 0.6 is 11.6 Å². The molecule has 25 heavy (non-hydrogen) atoms. The van der Waals surface area contributed by atoms with Crippen molar-refractivity contribution in [3.8, 4) is 0 Å². The van der Waals surface area contributed by atoms with E-state index in [1.54, 1.807) is 6.20 Å². The summed E-state index contributed by atoms with van der Waals surface area (Å²) >= 11 is 6.15. The monoisotopic (exact) mass is 360 g/mol. The van der Waals surface area contributed by atoms with E-state index in [9.17, 15) is 4.79 Å². The minimum Gasteiger partial charge on any atom is -0.369 e. The van der Waals surface area contributed by atoms with Crippen molar-refractivity contribution in [2.24, 2.45) is 5.92 Å². The molecular weight excluding hydrogens is 336 g/mol. The molecule has 1 unspecified atom stereocenters. The van der Waals surface area contributed by atoms with Crippen molar-refractivity contribution in [1.82, 2.24) is 15.2 Å². The Morgan fingerprint density at radius 2 is 2.12 bits per heavy atom. The van der Waals surface area contributed by atoms with Gasteiger partial charge < -0.3 is 4.90 Å². The number of aromatic amines is 1. The molecule has 0 aliphatic carbocycles. The number of anilines is 1. The molecule has 134 valence electrons. The van der Waals surface area contributed by atoms with Gasteiger partial charge in [0.25, 0.3) is 5.56 Å². The van der Waals surface area contributed by atoms with Gasteiger partial charge in [-0.15, -0.1) is 0 Å². The van der Waals surface area contributed by atoms with Gasteiger partial charge in [0, 0.05) is 25.0 Å². The third kappa shape index (κ3) is 3.71. The molecule has 2 aromatic heterocycles. The van der Waals surface area contributed by atoms with Gasteiger partial charge in [0.2, 0.25) is 0 Å². The van der Waals surface area contributed by atoms with Gasteiger partial charge in [-0.1, -0.05) is 31.5 Å². The first kappa shape index (κ1) is 17.9. The molecule has 1 saturated heterocycles. The summed E-state index contributed by atoms with van der Waals surface area (Å²) in [4.78, 5) is 18.4. The summed E-state index contributed by atoms with van der Waals surface area (Å²) < 4.78 is 0. The van der Waals surface area contributed by atoms with Crippen LogP contribution in [-0.4, -0.2) is 28.3 Å². The van der Waals surface area contributed by atoms with Gasteiger partial charge in [-0.25, -0.2) is 5.10 Å². The third-order valence-electron chi connectivity index (χ3n) is 5.33. The Kier molecular flexibility index (Phi) is 5.74. The van der Waals surface area contributed by atoms with Gasteiger partial charge in [-0.05, 0) is 49.1 Å². The van der Waals surface area contributed by atoms with Crippen molar-refractivity contribution < 1.29 is 0 Å². The molecule has 1 N–H and O–H groups in total. The van der Waals surface area contributed by atoms with E-state index in [4.69, 9.17) is 11.6 Å². The van der Waals surface area contributed by atoms with Crippen molar-refractivity contribution in [2.75, 3.05) is 18.0 Å². The number of hydrogen-bond donors (Lipinski definition) is 1. The minimum absolute atomic E-state index is 0.237. The Hall–Kier alpha value is -1.88. The summed E-state index contributed by atoms with van der Waals surface area (Å²) in [5.74, 6) is 1.17. The molecule has 0 radical (unpaired) electrons. The molecule has 0 spiro atoms. The van der Waals surface area contributed by atoms with Gasteiger partial charge in [-0.3, -0.25) is 9.78 Å². The van der Waals surface area contributed by atoms with Crippen molar-refractivity contribution in [3.63, 3.8) is 0 Å². The average molecular weight is 361 g/mol. The second-order valence-corrected chi connectivity index (χ2v) is 7.01. The number of pyridine rings is 1. The van der Waals surface area contributed by atoms with Crippen molar-refractivity contribution in [3.05, 3.63) is 51.2 Å². The summed E-state index contributed by atoms with van der Waals surface area (Å²) in [7, 11) is 0. The van der Waals surface area contributed by atoms with E-state index in [0.29, 0.717) is 11.8 Å². The van der Waals surface area contributed by atoms with E-state index in [1.165, 1.54) is 11.3 Å². The first-order chi connectivity index (χ1) is 12.2. The predicted octanol–water partition coefficient (Wildman–Crippen LogP) is 3.79. The van der Waals surface area contributed by atoms with Crippen LogP contribution in [0.3, 0.4) is 0 Å². The van der Waals surface area contributed by atoms with Crippen molar-refractivity contribution in [2.45, 2.75) is 45.4 Å². The fraction of sp³-hybridized carbons (Fsp3) is 0.526. The molecule has 1 atom stereocenters. The molecule has 3 rings (SSSR count). The van der Waals surface area contributed by atoms with Gasteiger partial charge in [-0.2, -0.15) is 5.10 Å². The lowest BCUT2D eigenvalue weighted by molar-refractivity contribution is 0.331. The van der Waals surface area contributed by atoms with Crippen LogP contribution in [0.1, 0.15) is 50.3 Å². The molecule has 0 saturated carbocycles. The fourth-order valence-corrected chi connectivity index (χ4v) is 4.24. The van der Waals surface area contributed by atoms with Crippen molar-refractivity contribution in [1.29, 1.82) is 0 Å². The zero-order chi connectivity index (χ0) is 17.8. The molecule has 0 amide bonds. The number of aromatic nitrogens is 3. The minimum atomic E-state index is -0.323. The second kappa shape index (κ2) is 8.00. The normalized spacial score (nSPS) is 16.8. The number of rotatable bonds is 5. The molecule has 0 aromatic carbocycles. The Labute approximate surface area is 153 Å². The van der Waals surface area contributed by atoms with Gasteiger partial charge >= 0.3 is 0 Å². The van der Waals surface area contributed by atoms with E-state index < -0.39 is 0 Å². The molecule has 2 aromatic rings. The maximum atomic E-state index is 11.7. The molecule has 3 heterocycles. The number of piperidine rings is 1. The van der Waals surface area contributed by atoms with Gasteiger partial charge in [0.05, 0.1) is 11.9 Å². The highest BCUT2D eigenvalue weighted by atomic mass is 35.5. The van der Waals surface area contributed by atoms with Crippen molar-refractivity contribution >= 4 is 17.3 Å². The number of H-pyrrole nitrogens is 1. The Morgan fingerprint density at radius 1 is 1.36 bits per heavy atom. The highest BCUT2D eigenvalue weighted by Gasteiger charge is 2.29. The maximum absolute atomic E-state index is 11.7. The number of hydrogen-bond acceptors (Lipinski definition) is 4. The van der Waals surface area contributed by atoms with Crippen LogP contribution in [0.25, 0.3) is 0 Å². The Balaban J connectivity index is 1.74. The summed E-state index contributed by atoms with van der Waals surface area (Å²) in [6.07, 6.45) is 7.80. The molecule has 0 bridgehead atoms. The molecule has 5 nitrogen and oxygen atoms in total. The zero-order valence-corrected chi connectivity index (χ0v) is 15.6. The predicted molar refractivity (Wildman–Crippen MR) is 101 cm³/mol. The summed E-state index contributed by atoms with van der Waals surface area (Å²) in [6, 6.07) is 4.29. The molecular formula is C19H25ClN4O. The molecule has 1 aliphatic rings. The van der Waals surface area contributed by atoms with Crippen LogP contribution in [0, 0.1) is 5.92 Å². The highest BCUT2D eigenvalue weighted by Crippen LogP contribution is 2.37. The number of aryl methyl sites for hydroxylation is 1. The van der Waals surface area contributed by atoms with Crippen LogP contribution in [-0.2, 0) is 6.42 Å². The van der Waals surface area contributed by atoms with E-state index in [2.05, 4.69) is 40.0 Å². The zero-order valence-electron chi connectivity index (χ0n) is 14.8. The molecule has 1 fully saturated rings. The topological polar surface area (TPSA) is 61.9 Å². The van der Waals surface area contributed by atoms with E-state index >= 15 is 0 Å². The standard InChI is InChI=1S/C19H25ClN4O/c1-3-14(15-6-5-9-21-16(15)4-2)13-7-10-24(11-8-13)17-12-22-23-19(25)18(17)20/h5-6,9,12-14H,3-4,7-8,10-11H2,1-2H3,(H,23,25). The van der Waals surface area contributed by atoms with E-state index in [-0.39, 0.29) is 10.6 Å². The molecule has 6 heteroatoms. The van der Waals surface area contributed by atoms with Crippen LogP contribution in [0.4, 0.5) is 5.69 Å². The average Bonchev–Trinajstić information content (AvgIpc) is 2.66. The van der Waals surface area contributed by atoms with Gasteiger partial charge in [0.1, 0.15) is 5.02 Å². The largest absolute Gasteiger partial charge is 0.369 e. The second-order valence-electron chi connectivity index (χ2n) is 6.63. The first-order valence-corrected chi connectivity index (χ1v) is 9.45. The molecule has 1 aliphatic heterocycles. The lowest BCUT2D eigenvalue weighted by atomic mass is 9.77. The SMILES string of the molecule is CCc1ncccc1C(CC)C1CCN(c2cn[nH]c(=O)c2Cl)CC1. The first-order valence-electron chi connectivity index (χ1n) is 9.07. The van der Waals surface area contributed by atoms with Crippen LogP contribution in [0.15, 0.2) is 29.3 Å². The Bertz CT molecular complexity index is 768. The lowest BCUT2D eigenvalue weighted by Crippen LogP contribution is -2.36. The highest BCUT2D eigenvalue weighted by molar-refractivity contribution is 6.32. The number of nitrogens with zero attached hydrogens (tertiary/aromatic N) is 3. The van der Waals surface area contributed by atoms with E-state index in [0.717, 1.165) is 44.5 Å². The third-order valence-corrected chi connectivity index (χ3v) is 5.69. The number of halogens is 1.